The predicted octanol–water partition coefficient (Wildman–Crippen LogP) is 2.52. The molecule has 2 heterocycles. The molecule has 3 aliphatic rings. The van der Waals surface area contributed by atoms with Crippen molar-refractivity contribution in [1.82, 2.24) is 15.5 Å². The number of carbonyl (C=O) groups excluding carboxylic acids is 3. The first-order valence-corrected chi connectivity index (χ1v) is 11.0. The molecule has 7 heteroatoms. The number of hydrogen-bond acceptors (Lipinski definition) is 4. The molecule has 1 aliphatic carbocycles. The van der Waals surface area contributed by atoms with Crippen LogP contribution >= 0.6 is 0 Å². The predicted molar refractivity (Wildman–Crippen MR) is 112 cm³/mol. The average Bonchev–Trinajstić information content (AvgIpc) is 2.85. The highest BCUT2D eigenvalue weighted by Crippen LogP contribution is 2.34. The van der Waals surface area contributed by atoms with Crippen molar-refractivity contribution >= 4 is 17.7 Å². The summed E-state index contributed by atoms with van der Waals surface area (Å²) in [6.07, 6.45) is 5.35. The summed E-state index contributed by atoms with van der Waals surface area (Å²) in [7, 11) is 0. The maximum absolute atomic E-state index is 12.7. The first kappa shape index (κ1) is 20.7. The Kier molecular flexibility index (Phi) is 5.71. The first-order chi connectivity index (χ1) is 14.3. The van der Waals surface area contributed by atoms with E-state index < -0.39 is 5.72 Å². The third-order valence-corrected chi connectivity index (χ3v) is 6.62. The van der Waals surface area contributed by atoms with Gasteiger partial charge in [-0.05, 0) is 50.7 Å². The molecule has 1 saturated carbocycles. The van der Waals surface area contributed by atoms with E-state index >= 15 is 0 Å². The van der Waals surface area contributed by atoms with Crippen LogP contribution in [0.5, 0.6) is 5.75 Å². The quantitative estimate of drug-likeness (QED) is 0.797. The summed E-state index contributed by atoms with van der Waals surface area (Å²) >= 11 is 0. The highest BCUT2D eigenvalue weighted by atomic mass is 16.5. The van der Waals surface area contributed by atoms with E-state index in [9.17, 15) is 14.4 Å². The zero-order valence-corrected chi connectivity index (χ0v) is 17.8. The maximum Gasteiger partial charge on any atom is 0.258 e. The molecule has 2 N–H and O–H groups in total. The Morgan fingerprint density at radius 1 is 1.23 bits per heavy atom. The van der Waals surface area contributed by atoms with Gasteiger partial charge in [0.1, 0.15) is 5.75 Å². The van der Waals surface area contributed by atoms with Gasteiger partial charge in [-0.1, -0.05) is 18.6 Å². The van der Waals surface area contributed by atoms with Crippen molar-refractivity contribution in [2.24, 2.45) is 5.92 Å². The van der Waals surface area contributed by atoms with Crippen molar-refractivity contribution in [2.45, 2.75) is 70.6 Å². The lowest BCUT2D eigenvalue weighted by atomic mass is 9.87. The number of carbonyl (C=O) groups is 3. The summed E-state index contributed by atoms with van der Waals surface area (Å²) < 4.78 is 6.19. The van der Waals surface area contributed by atoms with Crippen molar-refractivity contribution in [1.29, 1.82) is 0 Å². The van der Waals surface area contributed by atoms with Gasteiger partial charge >= 0.3 is 0 Å². The fraction of sp³-hybridized carbons (Fsp3) is 0.609. The maximum atomic E-state index is 12.7. The van der Waals surface area contributed by atoms with Crippen LogP contribution in [0.1, 0.15) is 67.8 Å². The van der Waals surface area contributed by atoms with E-state index in [1.807, 2.05) is 25.1 Å². The minimum Gasteiger partial charge on any atom is -0.467 e. The number of fused-ring (bicyclic) bond motifs is 1. The topological polar surface area (TPSA) is 87.7 Å². The molecule has 0 bridgehead atoms. The Balaban J connectivity index is 1.38. The van der Waals surface area contributed by atoms with Gasteiger partial charge in [-0.15, -0.1) is 0 Å². The molecule has 1 atom stereocenters. The monoisotopic (exact) mass is 413 g/mol. The summed E-state index contributed by atoms with van der Waals surface area (Å²) in [4.78, 5) is 39.4. The molecule has 1 saturated heterocycles. The Morgan fingerprint density at radius 2 is 2.00 bits per heavy atom. The van der Waals surface area contributed by atoms with Crippen molar-refractivity contribution in [2.75, 3.05) is 13.1 Å². The third-order valence-electron chi connectivity index (χ3n) is 6.62. The second kappa shape index (κ2) is 8.28. The molecule has 0 unspecified atom stereocenters. The van der Waals surface area contributed by atoms with Crippen LogP contribution in [-0.4, -0.2) is 47.5 Å². The SMILES string of the molecule is Cc1ccc2c(c1)C(=O)N[C@]1(CCC(=O)N(CC(=O)NC3CCC(C)CC3)CC1)O2. The summed E-state index contributed by atoms with van der Waals surface area (Å²) in [6, 6.07) is 5.74. The number of amides is 3. The first-order valence-electron chi connectivity index (χ1n) is 11.0. The van der Waals surface area contributed by atoms with Crippen LogP contribution in [0.2, 0.25) is 0 Å². The van der Waals surface area contributed by atoms with Gasteiger partial charge in [0, 0.05) is 31.8 Å². The normalized spacial score (nSPS) is 28.9. The number of rotatable bonds is 3. The molecule has 162 valence electrons. The highest BCUT2D eigenvalue weighted by Gasteiger charge is 2.42. The van der Waals surface area contributed by atoms with Crippen LogP contribution in [0.25, 0.3) is 0 Å². The number of nitrogens with zero attached hydrogens (tertiary/aromatic N) is 1. The van der Waals surface area contributed by atoms with Gasteiger partial charge in [-0.3, -0.25) is 14.4 Å². The largest absolute Gasteiger partial charge is 0.467 e. The number of nitrogens with one attached hydrogen (secondary N) is 2. The summed E-state index contributed by atoms with van der Waals surface area (Å²) in [5.74, 6) is 0.918. The Morgan fingerprint density at radius 3 is 2.77 bits per heavy atom. The molecular formula is C23H31N3O4. The lowest BCUT2D eigenvalue weighted by Gasteiger charge is -2.38. The zero-order chi connectivity index (χ0) is 21.3. The molecule has 7 nitrogen and oxygen atoms in total. The van der Waals surface area contributed by atoms with Crippen molar-refractivity contribution in [3.63, 3.8) is 0 Å². The second-order valence-electron chi connectivity index (χ2n) is 9.14. The average molecular weight is 414 g/mol. The summed E-state index contributed by atoms with van der Waals surface area (Å²) in [5, 5.41) is 6.07. The van der Waals surface area contributed by atoms with Gasteiger partial charge in [0.15, 0.2) is 5.72 Å². The lowest BCUT2D eigenvalue weighted by Crippen LogP contribution is -2.56. The minimum atomic E-state index is -0.903. The van der Waals surface area contributed by atoms with Gasteiger partial charge in [0.2, 0.25) is 11.8 Å². The molecule has 2 fully saturated rings. The Bertz CT molecular complexity index is 847. The zero-order valence-electron chi connectivity index (χ0n) is 17.8. The van der Waals surface area contributed by atoms with Crippen LogP contribution in [0.3, 0.4) is 0 Å². The van der Waals surface area contributed by atoms with E-state index in [-0.39, 0.29) is 36.7 Å². The second-order valence-corrected chi connectivity index (χ2v) is 9.14. The number of likely N-dealkylation sites (tertiary alicyclic amines) is 1. The van der Waals surface area contributed by atoms with Gasteiger partial charge in [-0.25, -0.2) is 0 Å². The van der Waals surface area contributed by atoms with Crippen molar-refractivity contribution in [3.8, 4) is 5.75 Å². The van der Waals surface area contributed by atoms with Gasteiger partial charge in [-0.2, -0.15) is 0 Å². The van der Waals surface area contributed by atoms with Crippen molar-refractivity contribution < 1.29 is 19.1 Å². The van der Waals surface area contributed by atoms with Crippen LogP contribution < -0.4 is 15.4 Å². The number of aryl methyl sites for hydroxylation is 1. The van der Waals surface area contributed by atoms with E-state index in [1.54, 1.807) is 4.90 Å². The van der Waals surface area contributed by atoms with E-state index in [1.165, 1.54) is 0 Å². The standard InChI is InChI=1S/C23H31N3O4/c1-15-3-6-17(7-4-15)24-20(27)14-26-12-11-23(10-9-21(26)28)25-22(29)18-13-16(2)5-8-19(18)30-23/h5,8,13,15,17H,3-4,6-7,9-12,14H2,1-2H3,(H,24,27)(H,25,29)/t15?,17?,23-/m1/s1. The lowest BCUT2D eigenvalue weighted by molar-refractivity contribution is -0.135. The van der Waals surface area contributed by atoms with Crippen molar-refractivity contribution in [3.05, 3.63) is 29.3 Å². The van der Waals surface area contributed by atoms with E-state index in [2.05, 4.69) is 17.6 Å². The van der Waals surface area contributed by atoms with Crippen LogP contribution in [0, 0.1) is 12.8 Å². The van der Waals surface area contributed by atoms with Gasteiger partial charge < -0.3 is 20.3 Å². The highest BCUT2D eigenvalue weighted by molar-refractivity contribution is 5.98. The molecular weight excluding hydrogens is 382 g/mol. The third kappa shape index (κ3) is 4.45. The van der Waals surface area contributed by atoms with E-state index in [0.717, 1.165) is 37.2 Å². The molecule has 1 aromatic carbocycles. The number of benzene rings is 1. The molecule has 1 spiro atoms. The molecule has 0 aromatic heterocycles. The minimum absolute atomic E-state index is 0.0602. The summed E-state index contributed by atoms with van der Waals surface area (Å²) in [6.45, 7) is 4.61. The molecule has 2 aliphatic heterocycles. The smallest absolute Gasteiger partial charge is 0.258 e. The Hall–Kier alpha value is -2.57. The molecule has 3 amide bonds. The fourth-order valence-corrected chi connectivity index (χ4v) is 4.70. The number of hydrogen-bond donors (Lipinski definition) is 2. The molecule has 4 rings (SSSR count). The van der Waals surface area contributed by atoms with Gasteiger partial charge in [0.05, 0.1) is 12.1 Å². The van der Waals surface area contributed by atoms with Crippen LogP contribution in [0.4, 0.5) is 0 Å². The molecule has 1 aromatic rings. The number of ether oxygens (including phenoxy) is 1. The molecule has 0 radical (unpaired) electrons. The molecule has 30 heavy (non-hydrogen) atoms. The van der Waals surface area contributed by atoms with Gasteiger partial charge in [0.25, 0.3) is 5.91 Å². The van der Waals surface area contributed by atoms with E-state index in [4.69, 9.17) is 4.74 Å². The fourth-order valence-electron chi connectivity index (χ4n) is 4.70. The Labute approximate surface area is 177 Å². The van der Waals surface area contributed by atoms with E-state index in [0.29, 0.717) is 30.7 Å². The van der Waals surface area contributed by atoms with Crippen LogP contribution in [-0.2, 0) is 9.59 Å². The summed E-state index contributed by atoms with van der Waals surface area (Å²) in [5.41, 5.74) is 0.609. The van der Waals surface area contributed by atoms with Crippen LogP contribution in [0.15, 0.2) is 18.2 Å².